The zero-order valence-corrected chi connectivity index (χ0v) is 13.1. The third kappa shape index (κ3) is 3.40. The zero-order valence-electron chi connectivity index (χ0n) is 13.1. The first kappa shape index (κ1) is 15.2. The van der Waals surface area contributed by atoms with Gasteiger partial charge in [-0.1, -0.05) is 12.1 Å². The van der Waals surface area contributed by atoms with Gasteiger partial charge in [-0.15, -0.1) is 0 Å². The van der Waals surface area contributed by atoms with Crippen molar-refractivity contribution in [3.63, 3.8) is 0 Å². The van der Waals surface area contributed by atoms with Crippen molar-refractivity contribution >= 4 is 16.6 Å². The topological polar surface area (TPSA) is 73.1 Å². The third-order valence-electron chi connectivity index (χ3n) is 3.62. The number of nitrogens with zero attached hydrogens (tertiary/aromatic N) is 2. The largest absolute Gasteiger partial charge is 0.477 e. The van der Waals surface area contributed by atoms with E-state index in [1.165, 1.54) is 0 Å². The molecule has 0 aliphatic heterocycles. The lowest BCUT2D eigenvalue weighted by molar-refractivity contribution is 0.306. The minimum absolute atomic E-state index is 0.551. The Morgan fingerprint density at radius 1 is 1.17 bits per heavy atom. The highest BCUT2D eigenvalue weighted by Crippen LogP contribution is 2.28. The lowest BCUT2D eigenvalue weighted by Gasteiger charge is -2.10. The minimum atomic E-state index is 0.551. The van der Waals surface area contributed by atoms with Crippen LogP contribution < -0.4 is 15.8 Å². The van der Waals surface area contributed by atoms with Gasteiger partial charge in [0.15, 0.2) is 0 Å². The number of aromatic nitrogens is 2. The number of nitrogens with one attached hydrogen (secondary N) is 1. The Balaban J connectivity index is 2.02. The predicted octanol–water partition coefficient (Wildman–Crippen LogP) is 3.07. The van der Waals surface area contributed by atoms with E-state index < -0.39 is 0 Å². The summed E-state index contributed by atoms with van der Waals surface area (Å²) < 4.78 is 5.82. The molecule has 0 atom stereocenters. The summed E-state index contributed by atoms with van der Waals surface area (Å²) in [5, 5.41) is 4.03. The Hall–Kier alpha value is -2.66. The first-order valence-electron chi connectivity index (χ1n) is 7.68. The summed E-state index contributed by atoms with van der Waals surface area (Å²) in [4.78, 5) is 9.11. The molecular formula is C18H20N4O. The maximum Gasteiger partial charge on any atom is 0.223 e. The molecule has 0 unspecified atom stereocenters. The summed E-state index contributed by atoms with van der Waals surface area (Å²) in [6.07, 6.45) is 2.57. The SMILES string of the molecule is CNc1ccc(-c2cc3ncccc3c(OCCCN)n2)cc1. The van der Waals surface area contributed by atoms with E-state index in [2.05, 4.69) is 15.3 Å². The van der Waals surface area contributed by atoms with Gasteiger partial charge in [0.2, 0.25) is 5.88 Å². The predicted molar refractivity (Wildman–Crippen MR) is 93.7 cm³/mol. The smallest absolute Gasteiger partial charge is 0.223 e. The molecule has 2 aromatic heterocycles. The summed E-state index contributed by atoms with van der Waals surface area (Å²) >= 11 is 0. The van der Waals surface area contributed by atoms with Crippen molar-refractivity contribution in [2.24, 2.45) is 5.73 Å². The van der Waals surface area contributed by atoms with Gasteiger partial charge in [0.05, 0.1) is 23.2 Å². The van der Waals surface area contributed by atoms with Crippen LogP contribution in [0.4, 0.5) is 5.69 Å². The number of benzene rings is 1. The number of hydrogen-bond donors (Lipinski definition) is 2. The maximum absolute atomic E-state index is 5.82. The van der Waals surface area contributed by atoms with Gasteiger partial charge in [0.1, 0.15) is 0 Å². The molecule has 23 heavy (non-hydrogen) atoms. The van der Waals surface area contributed by atoms with Crippen LogP contribution in [0.25, 0.3) is 22.2 Å². The molecule has 3 aromatic rings. The second kappa shape index (κ2) is 7.07. The van der Waals surface area contributed by atoms with Crippen molar-refractivity contribution in [1.82, 2.24) is 9.97 Å². The lowest BCUT2D eigenvalue weighted by atomic mass is 10.1. The van der Waals surface area contributed by atoms with Crippen molar-refractivity contribution in [3.8, 4) is 17.1 Å². The summed E-state index contributed by atoms with van der Waals surface area (Å²) in [5.41, 5.74) is 9.35. The van der Waals surface area contributed by atoms with Crippen molar-refractivity contribution in [1.29, 1.82) is 0 Å². The Kier molecular flexibility index (Phi) is 4.68. The summed E-state index contributed by atoms with van der Waals surface area (Å²) in [7, 11) is 1.90. The van der Waals surface area contributed by atoms with Crippen LogP contribution in [-0.4, -0.2) is 30.2 Å². The van der Waals surface area contributed by atoms with Gasteiger partial charge in [-0.05, 0) is 43.3 Å². The number of fused-ring (bicyclic) bond motifs is 1. The maximum atomic E-state index is 5.82. The fraction of sp³-hybridized carbons (Fsp3) is 0.222. The fourth-order valence-corrected chi connectivity index (χ4v) is 2.36. The molecule has 3 rings (SSSR count). The van der Waals surface area contributed by atoms with Crippen molar-refractivity contribution in [3.05, 3.63) is 48.7 Å². The second-order valence-corrected chi connectivity index (χ2v) is 5.20. The molecular weight excluding hydrogens is 288 g/mol. The Morgan fingerprint density at radius 2 is 2.00 bits per heavy atom. The van der Waals surface area contributed by atoms with Crippen molar-refractivity contribution in [2.75, 3.05) is 25.5 Å². The fourth-order valence-electron chi connectivity index (χ4n) is 2.36. The van der Waals surface area contributed by atoms with Crippen LogP contribution in [0, 0.1) is 0 Å². The Morgan fingerprint density at radius 3 is 2.74 bits per heavy atom. The standard InChI is InChI=1S/C18H20N4O/c1-20-14-7-5-13(6-8-14)16-12-17-15(4-2-10-21-17)18(22-16)23-11-3-9-19/h2,4-8,10,12,20H,3,9,11,19H2,1H3. The molecule has 0 fully saturated rings. The normalized spacial score (nSPS) is 10.7. The Bertz CT molecular complexity index is 787. The van der Waals surface area contributed by atoms with E-state index in [9.17, 15) is 0 Å². The van der Waals surface area contributed by atoms with Gasteiger partial charge in [-0.25, -0.2) is 4.98 Å². The molecule has 0 spiro atoms. The van der Waals surface area contributed by atoms with Crippen LogP contribution in [0.5, 0.6) is 5.88 Å². The monoisotopic (exact) mass is 308 g/mol. The third-order valence-corrected chi connectivity index (χ3v) is 3.62. The van der Waals surface area contributed by atoms with E-state index in [1.54, 1.807) is 6.20 Å². The van der Waals surface area contributed by atoms with E-state index in [0.717, 1.165) is 34.3 Å². The van der Waals surface area contributed by atoms with Crippen LogP contribution in [0.1, 0.15) is 6.42 Å². The van der Waals surface area contributed by atoms with Crippen molar-refractivity contribution < 1.29 is 4.74 Å². The first-order valence-corrected chi connectivity index (χ1v) is 7.68. The molecule has 0 saturated carbocycles. The molecule has 0 aliphatic carbocycles. The van der Waals surface area contributed by atoms with E-state index >= 15 is 0 Å². The molecule has 3 N–H and O–H groups in total. The van der Waals surface area contributed by atoms with E-state index in [1.807, 2.05) is 49.5 Å². The average Bonchev–Trinajstić information content (AvgIpc) is 2.62. The number of nitrogens with two attached hydrogens (primary N) is 1. The number of hydrogen-bond acceptors (Lipinski definition) is 5. The highest BCUT2D eigenvalue weighted by molar-refractivity contribution is 5.87. The zero-order chi connectivity index (χ0) is 16.1. The molecule has 0 amide bonds. The van der Waals surface area contributed by atoms with Gasteiger partial charge >= 0.3 is 0 Å². The molecule has 0 saturated heterocycles. The summed E-state index contributed by atoms with van der Waals surface area (Å²) in [6.45, 7) is 1.15. The molecule has 2 heterocycles. The van der Waals surface area contributed by atoms with E-state index in [0.29, 0.717) is 19.0 Å². The molecule has 0 bridgehead atoms. The van der Waals surface area contributed by atoms with Crippen LogP contribution in [-0.2, 0) is 0 Å². The molecule has 0 aliphatic rings. The van der Waals surface area contributed by atoms with Crippen molar-refractivity contribution in [2.45, 2.75) is 6.42 Å². The summed E-state index contributed by atoms with van der Waals surface area (Å²) in [5.74, 6) is 0.608. The van der Waals surface area contributed by atoms with Gasteiger partial charge in [-0.2, -0.15) is 0 Å². The van der Waals surface area contributed by atoms with Crippen LogP contribution >= 0.6 is 0 Å². The van der Waals surface area contributed by atoms with Gasteiger partial charge in [-0.3, -0.25) is 4.98 Å². The van der Waals surface area contributed by atoms with Gasteiger partial charge in [0.25, 0.3) is 0 Å². The number of anilines is 1. The highest BCUT2D eigenvalue weighted by atomic mass is 16.5. The highest BCUT2D eigenvalue weighted by Gasteiger charge is 2.09. The Labute approximate surface area is 135 Å². The summed E-state index contributed by atoms with van der Waals surface area (Å²) in [6, 6.07) is 14.0. The number of rotatable bonds is 6. The lowest BCUT2D eigenvalue weighted by Crippen LogP contribution is -2.07. The first-order chi connectivity index (χ1) is 11.3. The van der Waals surface area contributed by atoms with Crippen LogP contribution in [0.15, 0.2) is 48.7 Å². The number of ether oxygens (including phenoxy) is 1. The molecule has 5 nitrogen and oxygen atoms in total. The molecule has 1 aromatic carbocycles. The number of pyridine rings is 2. The van der Waals surface area contributed by atoms with Crippen LogP contribution in [0.2, 0.25) is 0 Å². The quantitative estimate of drug-likeness (QED) is 0.685. The minimum Gasteiger partial charge on any atom is -0.477 e. The average molecular weight is 308 g/mol. The van der Waals surface area contributed by atoms with Crippen LogP contribution in [0.3, 0.4) is 0 Å². The van der Waals surface area contributed by atoms with Gasteiger partial charge in [0, 0.05) is 24.5 Å². The van der Waals surface area contributed by atoms with E-state index in [-0.39, 0.29) is 0 Å². The van der Waals surface area contributed by atoms with Gasteiger partial charge < -0.3 is 15.8 Å². The molecule has 5 heteroatoms. The van der Waals surface area contributed by atoms with E-state index in [4.69, 9.17) is 10.5 Å². The second-order valence-electron chi connectivity index (χ2n) is 5.20. The molecule has 0 radical (unpaired) electrons. The molecule has 118 valence electrons.